The lowest BCUT2D eigenvalue weighted by atomic mass is 10.1. The molecule has 2 heterocycles. The summed E-state index contributed by atoms with van der Waals surface area (Å²) in [7, 11) is 0. The zero-order valence-corrected chi connectivity index (χ0v) is 15.8. The number of rotatable bonds is 3. The minimum absolute atomic E-state index is 0.171. The Morgan fingerprint density at radius 3 is 2.68 bits per heavy atom. The molecule has 0 bridgehead atoms. The van der Waals surface area contributed by atoms with Crippen LogP contribution in [0.2, 0.25) is 0 Å². The minimum atomic E-state index is -0.649. The highest BCUT2D eigenvalue weighted by atomic mass is 32.1. The van der Waals surface area contributed by atoms with Crippen LogP contribution >= 0.6 is 11.3 Å². The van der Waals surface area contributed by atoms with E-state index in [1.165, 1.54) is 15.9 Å². The van der Waals surface area contributed by atoms with Gasteiger partial charge in [0.2, 0.25) is 5.91 Å². The topological polar surface area (TPSA) is 64.0 Å². The Labute approximate surface area is 150 Å². The molecule has 3 aromatic rings. The summed E-state index contributed by atoms with van der Waals surface area (Å²) in [5.41, 5.74) is 2.73. The molecule has 0 radical (unpaired) electrons. The Morgan fingerprint density at radius 1 is 1.24 bits per heavy atom. The van der Waals surface area contributed by atoms with Crippen LogP contribution in [0.1, 0.15) is 34.8 Å². The first-order valence-corrected chi connectivity index (χ1v) is 8.97. The largest absolute Gasteiger partial charge is 0.324 e. The molecule has 1 unspecified atom stereocenters. The van der Waals surface area contributed by atoms with Gasteiger partial charge in [0.05, 0.1) is 5.39 Å². The number of carbonyl (C=O) groups is 1. The number of benzene rings is 1. The maximum absolute atomic E-state index is 12.8. The average molecular weight is 355 g/mol. The van der Waals surface area contributed by atoms with Crippen LogP contribution in [-0.2, 0) is 4.79 Å². The van der Waals surface area contributed by atoms with Crippen molar-refractivity contribution < 1.29 is 4.79 Å². The van der Waals surface area contributed by atoms with Crippen LogP contribution in [0.4, 0.5) is 5.69 Å². The Bertz CT molecular complexity index is 1030. The van der Waals surface area contributed by atoms with Crippen molar-refractivity contribution in [1.29, 1.82) is 0 Å². The van der Waals surface area contributed by atoms with Gasteiger partial charge in [0.15, 0.2) is 0 Å². The van der Waals surface area contributed by atoms with Crippen LogP contribution in [0, 0.1) is 27.7 Å². The predicted molar refractivity (Wildman–Crippen MR) is 103 cm³/mol. The van der Waals surface area contributed by atoms with E-state index in [0.717, 1.165) is 26.5 Å². The molecule has 2 aromatic heterocycles. The normalized spacial score (nSPS) is 12.4. The summed E-state index contributed by atoms with van der Waals surface area (Å²) < 4.78 is 1.47. The molecule has 0 spiro atoms. The van der Waals surface area contributed by atoms with Crippen LogP contribution in [0.3, 0.4) is 0 Å². The second kappa shape index (κ2) is 6.44. The monoisotopic (exact) mass is 355 g/mol. The van der Waals surface area contributed by atoms with E-state index < -0.39 is 6.04 Å². The number of carbonyl (C=O) groups excluding carboxylic acids is 1. The number of aromatic nitrogens is 2. The first kappa shape index (κ1) is 17.4. The standard InChI is InChI=1S/C19H21N3O2S/c1-10-7-6-8-16(12(10)3)21-17(23)13(4)22-14(5)20-18-15(19(22)24)9-11(2)25-18/h6-9,13H,1-5H3,(H,21,23). The Kier molecular flexibility index (Phi) is 4.47. The van der Waals surface area contributed by atoms with Gasteiger partial charge in [-0.25, -0.2) is 4.98 Å². The zero-order chi connectivity index (χ0) is 18.3. The Hall–Kier alpha value is -2.47. The molecular formula is C19H21N3O2S. The molecule has 1 N–H and O–H groups in total. The van der Waals surface area contributed by atoms with Gasteiger partial charge < -0.3 is 5.32 Å². The molecule has 0 aliphatic rings. The summed E-state index contributed by atoms with van der Waals surface area (Å²) in [6, 6.07) is 6.96. The number of fused-ring (bicyclic) bond motifs is 1. The third-order valence-corrected chi connectivity index (χ3v) is 5.47. The SMILES string of the molecule is Cc1cc2c(=O)n(C(C)C(=O)Nc3cccc(C)c3C)c(C)nc2s1. The van der Waals surface area contributed by atoms with Crippen LogP contribution in [0.25, 0.3) is 10.2 Å². The van der Waals surface area contributed by atoms with Gasteiger partial charge in [-0.15, -0.1) is 11.3 Å². The summed E-state index contributed by atoms with van der Waals surface area (Å²) in [6.07, 6.45) is 0. The fraction of sp³-hybridized carbons (Fsp3) is 0.316. The Balaban J connectivity index is 1.99. The molecule has 130 valence electrons. The molecule has 0 fully saturated rings. The van der Waals surface area contributed by atoms with E-state index in [0.29, 0.717) is 11.2 Å². The van der Waals surface area contributed by atoms with Crippen molar-refractivity contribution in [3.05, 3.63) is 56.4 Å². The number of nitrogens with zero attached hydrogens (tertiary/aromatic N) is 2. The van der Waals surface area contributed by atoms with Crippen molar-refractivity contribution >= 4 is 33.1 Å². The van der Waals surface area contributed by atoms with Crippen LogP contribution in [0.15, 0.2) is 29.1 Å². The summed E-state index contributed by atoms with van der Waals surface area (Å²) in [5.74, 6) is 0.315. The third-order valence-electron chi connectivity index (χ3n) is 4.53. The van der Waals surface area contributed by atoms with Gasteiger partial charge in [0, 0.05) is 10.6 Å². The molecule has 5 nitrogen and oxygen atoms in total. The second-order valence-corrected chi connectivity index (χ2v) is 7.56. The van der Waals surface area contributed by atoms with E-state index >= 15 is 0 Å². The highest BCUT2D eigenvalue weighted by molar-refractivity contribution is 7.18. The second-order valence-electron chi connectivity index (χ2n) is 6.32. The number of hydrogen-bond donors (Lipinski definition) is 1. The Morgan fingerprint density at radius 2 is 1.96 bits per heavy atom. The lowest BCUT2D eigenvalue weighted by Gasteiger charge is -2.18. The van der Waals surface area contributed by atoms with Crippen molar-refractivity contribution in [2.45, 2.75) is 40.7 Å². The van der Waals surface area contributed by atoms with E-state index in [-0.39, 0.29) is 11.5 Å². The van der Waals surface area contributed by atoms with Crippen molar-refractivity contribution in [3.63, 3.8) is 0 Å². The highest BCUT2D eigenvalue weighted by Gasteiger charge is 2.21. The molecule has 3 rings (SSSR count). The van der Waals surface area contributed by atoms with Gasteiger partial charge in [-0.2, -0.15) is 0 Å². The fourth-order valence-electron chi connectivity index (χ4n) is 2.91. The highest BCUT2D eigenvalue weighted by Crippen LogP contribution is 2.23. The molecule has 1 aromatic carbocycles. The van der Waals surface area contributed by atoms with Gasteiger partial charge in [-0.05, 0) is 57.9 Å². The van der Waals surface area contributed by atoms with E-state index in [4.69, 9.17) is 0 Å². The molecular weight excluding hydrogens is 334 g/mol. The van der Waals surface area contributed by atoms with Crippen molar-refractivity contribution in [2.75, 3.05) is 5.32 Å². The maximum Gasteiger partial charge on any atom is 0.263 e. The van der Waals surface area contributed by atoms with E-state index in [1.807, 2.05) is 45.0 Å². The molecule has 0 aliphatic carbocycles. The molecule has 0 saturated carbocycles. The molecule has 6 heteroatoms. The quantitative estimate of drug-likeness (QED) is 0.775. The van der Waals surface area contributed by atoms with Gasteiger partial charge in [0.25, 0.3) is 5.56 Å². The molecule has 25 heavy (non-hydrogen) atoms. The van der Waals surface area contributed by atoms with Gasteiger partial charge in [0.1, 0.15) is 16.7 Å². The molecule has 0 saturated heterocycles. The summed E-state index contributed by atoms with van der Waals surface area (Å²) in [6.45, 7) is 9.40. The van der Waals surface area contributed by atoms with Crippen LogP contribution in [-0.4, -0.2) is 15.5 Å². The summed E-state index contributed by atoms with van der Waals surface area (Å²) >= 11 is 1.49. The van der Waals surface area contributed by atoms with E-state index in [1.54, 1.807) is 13.8 Å². The number of hydrogen-bond acceptors (Lipinski definition) is 4. The number of thiophene rings is 1. The first-order chi connectivity index (χ1) is 11.8. The first-order valence-electron chi connectivity index (χ1n) is 8.16. The van der Waals surface area contributed by atoms with Crippen molar-refractivity contribution in [1.82, 2.24) is 9.55 Å². The fourth-order valence-corrected chi connectivity index (χ4v) is 3.83. The number of aryl methyl sites for hydroxylation is 3. The van der Waals surface area contributed by atoms with E-state index in [9.17, 15) is 9.59 Å². The maximum atomic E-state index is 12.8. The van der Waals surface area contributed by atoms with Crippen molar-refractivity contribution in [2.24, 2.45) is 0 Å². The number of amides is 1. The molecule has 1 amide bonds. The molecule has 0 aliphatic heterocycles. The third kappa shape index (κ3) is 3.09. The van der Waals surface area contributed by atoms with Crippen LogP contribution in [0.5, 0.6) is 0 Å². The summed E-state index contributed by atoms with van der Waals surface area (Å²) in [4.78, 5) is 31.8. The van der Waals surface area contributed by atoms with Crippen molar-refractivity contribution in [3.8, 4) is 0 Å². The van der Waals surface area contributed by atoms with Crippen LogP contribution < -0.4 is 10.9 Å². The van der Waals surface area contributed by atoms with Gasteiger partial charge in [-0.3, -0.25) is 14.2 Å². The lowest BCUT2D eigenvalue weighted by Crippen LogP contribution is -2.33. The zero-order valence-electron chi connectivity index (χ0n) is 15.0. The predicted octanol–water partition coefficient (Wildman–Crippen LogP) is 3.89. The van der Waals surface area contributed by atoms with Gasteiger partial charge in [-0.1, -0.05) is 12.1 Å². The smallest absolute Gasteiger partial charge is 0.263 e. The van der Waals surface area contributed by atoms with Gasteiger partial charge >= 0.3 is 0 Å². The number of anilines is 1. The molecule has 1 atom stereocenters. The minimum Gasteiger partial charge on any atom is -0.324 e. The van der Waals surface area contributed by atoms with E-state index in [2.05, 4.69) is 10.3 Å². The number of nitrogens with one attached hydrogen (secondary N) is 1. The summed E-state index contributed by atoms with van der Waals surface area (Å²) in [5, 5.41) is 3.50. The lowest BCUT2D eigenvalue weighted by molar-refractivity contribution is -0.118. The average Bonchev–Trinajstić information content (AvgIpc) is 2.92.